The lowest BCUT2D eigenvalue weighted by Gasteiger charge is -2.23. The number of carbonyl (C=O) groups excluding carboxylic acids is 1. The highest BCUT2D eigenvalue weighted by atomic mass is 16.3. The van der Waals surface area contributed by atoms with E-state index in [1.807, 2.05) is 29.9 Å². The van der Waals surface area contributed by atoms with Crippen LogP contribution in [0.1, 0.15) is 40.9 Å². The Hall–Kier alpha value is -2.08. The Morgan fingerprint density at radius 2 is 2.36 bits per heavy atom. The highest BCUT2D eigenvalue weighted by Crippen LogP contribution is 2.16. The second kappa shape index (κ2) is 6.36. The number of hydrogen-bond donors (Lipinski definition) is 1. The van der Waals surface area contributed by atoms with Crippen molar-refractivity contribution in [2.75, 3.05) is 20.1 Å². The lowest BCUT2D eigenvalue weighted by Crippen LogP contribution is -2.32. The fraction of sp³-hybridized carbons (Fsp3) is 0.500. The fourth-order valence-corrected chi connectivity index (χ4v) is 2.79. The van der Waals surface area contributed by atoms with Crippen molar-refractivity contribution in [2.45, 2.75) is 32.4 Å². The third kappa shape index (κ3) is 3.22. The van der Waals surface area contributed by atoms with E-state index in [-0.39, 0.29) is 5.91 Å². The topological polar surface area (TPSA) is 63.3 Å². The normalized spacial score (nSPS) is 18.4. The van der Waals surface area contributed by atoms with E-state index in [1.165, 1.54) is 0 Å². The smallest absolute Gasteiger partial charge is 0.274 e. The summed E-state index contributed by atoms with van der Waals surface area (Å²) < 4.78 is 7.42. The summed E-state index contributed by atoms with van der Waals surface area (Å²) >= 11 is 0. The van der Waals surface area contributed by atoms with Crippen LogP contribution in [0.15, 0.2) is 28.8 Å². The molecule has 1 unspecified atom stereocenters. The van der Waals surface area contributed by atoms with E-state index >= 15 is 0 Å². The van der Waals surface area contributed by atoms with Gasteiger partial charge in [0.05, 0.1) is 12.6 Å². The first kappa shape index (κ1) is 14.8. The Kier molecular flexibility index (Phi) is 4.29. The molecule has 2 aromatic rings. The molecule has 6 heteroatoms. The number of nitrogens with one attached hydrogen (secondary N) is 1. The zero-order valence-electron chi connectivity index (χ0n) is 13.1. The fourth-order valence-electron chi connectivity index (χ4n) is 2.79. The van der Waals surface area contributed by atoms with Crippen molar-refractivity contribution in [3.8, 4) is 0 Å². The molecule has 1 fully saturated rings. The Bertz CT molecular complexity index is 640. The number of aryl methyl sites for hydroxylation is 1. The molecule has 3 heterocycles. The van der Waals surface area contributed by atoms with Gasteiger partial charge in [-0.1, -0.05) is 0 Å². The van der Waals surface area contributed by atoms with Crippen molar-refractivity contribution < 1.29 is 9.21 Å². The summed E-state index contributed by atoms with van der Waals surface area (Å²) in [7, 11) is 1.77. The molecule has 0 bridgehead atoms. The Morgan fingerprint density at radius 3 is 3.05 bits per heavy atom. The van der Waals surface area contributed by atoms with Crippen molar-refractivity contribution >= 4 is 5.91 Å². The molecule has 0 aliphatic carbocycles. The summed E-state index contributed by atoms with van der Waals surface area (Å²) in [4.78, 5) is 14.1. The number of hydrogen-bond acceptors (Lipinski definition) is 4. The zero-order valence-corrected chi connectivity index (χ0v) is 13.1. The summed E-state index contributed by atoms with van der Waals surface area (Å²) in [5.74, 6) is 1.55. The third-order valence-corrected chi connectivity index (χ3v) is 4.01. The van der Waals surface area contributed by atoms with Gasteiger partial charge in [0.1, 0.15) is 17.2 Å². The molecule has 118 valence electrons. The van der Waals surface area contributed by atoms with Crippen LogP contribution in [0.2, 0.25) is 0 Å². The minimum atomic E-state index is -0.0865. The molecule has 3 rings (SSSR count). The van der Waals surface area contributed by atoms with Gasteiger partial charge in [0.15, 0.2) is 0 Å². The van der Waals surface area contributed by atoms with Crippen LogP contribution in [0.5, 0.6) is 0 Å². The van der Waals surface area contributed by atoms with Crippen LogP contribution in [-0.4, -0.2) is 40.7 Å². The van der Waals surface area contributed by atoms with Crippen molar-refractivity contribution in [1.82, 2.24) is 20.0 Å². The first-order valence-electron chi connectivity index (χ1n) is 7.70. The van der Waals surface area contributed by atoms with Gasteiger partial charge in [-0.2, -0.15) is 5.10 Å². The maximum absolute atomic E-state index is 12.4. The van der Waals surface area contributed by atoms with E-state index in [0.29, 0.717) is 18.3 Å². The number of carbonyl (C=O) groups is 1. The van der Waals surface area contributed by atoms with Gasteiger partial charge in [0.2, 0.25) is 0 Å². The quantitative estimate of drug-likeness (QED) is 0.938. The van der Waals surface area contributed by atoms with Crippen molar-refractivity contribution in [3.05, 3.63) is 41.6 Å². The van der Waals surface area contributed by atoms with Gasteiger partial charge in [0, 0.05) is 19.8 Å². The maximum Gasteiger partial charge on any atom is 0.274 e. The largest absolute Gasteiger partial charge is 0.464 e. The van der Waals surface area contributed by atoms with Gasteiger partial charge < -0.3 is 14.6 Å². The first-order chi connectivity index (χ1) is 10.6. The van der Waals surface area contributed by atoms with Crippen LogP contribution in [0.4, 0.5) is 0 Å². The van der Waals surface area contributed by atoms with Crippen molar-refractivity contribution in [3.63, 3.8) is 0 Å². The van der Waals surface area contributed by atoms with Gasteiger partial charge in [-0.3, -0.25) is 9.48 Å². The SMILES string of the molecule is Cc1ccc(CN(C)C(=O)c2ccn(C3CCCNC3)n2)o1. The number of nitrogens with zero attached hydrogens (tertiary/aromatic N) is 3. The van der Waals surface area contributed by atoms with E-state index in [9.17, 15) is 4.79 Å². The average molecular weight is 302 g/mol. The number of furan rings is 1. The second-order valence-electron chi connectivity index (χ2n) is 5.85. The van der Waals surface area contributed by atoms with E-state index in [0.717, 1.165) is 37.5 Å². The molecule has 1 aliphatic rings. The molecule has 22 heavy (non-hydrogen) atoms. The molecule has 1 atom stereocenters. The highest BCUT2D eigenvalue weighted by molar-refractivity contribution is 5.91. The van der Waals surface area contributed by atoms with Gasteiger partial charge >= 0.3 is 0 Å². The Labute approximate surface area is 130 Å². The lowest BCUT2D eigenvalue weighted by atomic mass is 10.1. The monoisotopic (exact) mass is 302 g/mol. The molecule has 1 N–H and O–H groups in total. The number of aromatic nitrogens is 2. The number of piperidine rings is 1. The van der Waals surface area contributed by atoms with Gasteiger partial charge in [-0.05, 0) is 44.5 Å². The van der Waals surface area contributed by atoms with E-state index in [2.05, 4.69) is 10.4 Å². The predicted octanol–water partition coefficient (Wildman–Crippen LogP) is 1.98. The van der Waals surface area contributed by atoms with E-state index in [4.69, 9.17) is 4.42 Å². The van der Waals surface area contributed by atoms with Crippen LogP contribution in [-0.2, 0) is 6.54 Å². The summed E-state index contributed by atoms with van der Waals surface area (Å²) in [6, 6.07) is 5.93. The third-order valence-electron chi connectivity index (χ3n) is 4.01. The molecule has 6 nitrogen and oxygen atoms in total. The van der Waals surface area contributed by atoms with E-state index < -0.39 is 0 Å². The van der Waals surface area contributed by atoms with Crippen molar-refractivity contribution in [2.24, 2.45) is 0 Å². The molecule has 0 spiro atoms. The Balaban J connectivity index is 1.65. The molecule has 0 radical (unpaired) electrons. The molecule has 0 saturated carbocycles. The zero-order chi connectivity index (χ0) is 15.5. The predicted molar refractivity (Wildman–Crippen MR) is 82.6 cm³/mol. The van der Waals surface area contributed by atoms with Gasteiger partial charge in [-0.15, -0.1) is 0 Å². The molecule has 1 saturated heterocycles. The Morgan fingerprint density at radius 1 is 1.50 bits per heavy atom. The van der Waals surface area contributed by atoms with Crippen LogP contribution in [0.3, 0.4) is 0 Å². The summed E-state index contributed by atoms with van der Waals surface area (Å²) in [6.45, 7) is 4.32. The number of rotatable bonds is 4. The molecular formula is C16H22N4O2. The molecule has 1 aliphatic heterocycles. The maximum atomic E-state index is 12.4. The van der Waals surface area contributed by atoms with Gasteiger partial charge in [0.25, 0.3) is 5.91 Å². The standard InChI is InChI=1S/C16H22N4O2/c1-12-5-6-14(22-12)11-19(2)16(21)15-7-9-20(18-15)13-4-3-8-17-10-13/h5-7,9,13,17H,3-4,8,10-11H2,1-2H3. The summed E-state index contributed by atoms with van der Waals surface area (Å²) in [5.41, 5.74) is 0.483. The van der Waals surface area contributed by atoms with Crippen LogP contribution >= 0.6 is 0 Å². The summed E-state index contributed by atoms with van der Waals surface area (Å²) in [5, 5.41) is 7.82. The van der Waals surface area contributed by atoms with Crippen LogP contribution < -0.4 is 5.32 Å². The van der Waals surface area contributed by atoms with Gasteiger partial charge in [-0.25, -0.2) is 0 Å². The molecule has 0 aromatic carbocycles. The minimum Gasteiger partial charge on any atom is -0.464 e. The van der Waals surface area contributed by atoms with Crippen molar-refractivity contribution in [1.29, 1.82) is 0 Å². The number of amides is 1. The minimum absolute atomic E-state index is 0.0865. The molecule has 2 aromatic heterocycles. The lowest BCUT2D eigenvalue weighted by molar-refractivity contribution is 0.0767. The molecular weight excluding hydrogens is 280 g/mol. The summed E-state index contributed by atoms with van der Waals surface area (Å²) in [6.07, 6.45) is 4.14. The van der Waals surface area contributed by atoms with Crippen LogP contribution in [0, 0.1) is 6.92 Å². The second-order valence-corrected chi connectivity index (χ2v) is 5.85. The van der Waals surface area contributed by atoms with E-state index in [1.54, 1.807) is 18.0 Å². The average Bonchev–Trinajstić information content (AvgIpc) is 3.17. The first-order valence-corrected chi connectivity index (χ1v) is 7.70. The van der Waals surface area contributed by atoms with Crippen LogP contribution in [0.25, 0.3) is 0 Å². The highest BCUT2D eigenvalue weighted by Gasteiger charge is 2.20. The molecule has 1 amide bonds.